The maximum Gasteiger partial charge on any atom is 0.256 e. The van der Waals surface area contributed by atoms with Gasteiger partial charge in [-0.25, -0.2) is 8.42 Å². The number of anilines is 1. The lowest BCUT2D eigenvalue weighted by Crippen LogP contribution is -2.35. The highest BCUT2D eigenvalue weighted by atomic mass is 35.5. The predicted octanol–water partition coefficient (Wildman–Crippen LogP) is 3.08. The molecule has 2 heterocycles. The fourth-order valence-corrected chi connectivity index (χ4v) is 5.58. The Labute approximate surface area is 187 Å². The van der Waals surface area contributed by atoms with Crippen LogP contribution in [0.1, 0.15) is 51.9 Å². The van der Waals surface area contributed by atoms with E-state index in [0.717, 1.165) is 17.0 Å². The summed E-state index contributed by atoms with van der Waals surface area (Å²) < 4.78 is 24.2. The maximum absolute atomic E-state index is 12.8. The number of carbonyl (C=O) groups is 2. The molecule has 1 aromatic heterocycles. The second-order valence-corrected chi connectivity index (χ2v) is 10.7. The van der Waals surface area contributed by atoms with Crippen molar-refractivity contribution >= 4 is 50.4 Å². The number of nitrogens with zero attached hydrogens (tertiary/aromatic N) is 1. The quantitative estimate of drug-likeness (QED) is 0.672. The van der Waals surface area contributed by atoms with Crippen molar-refractivity contribution in [3.63, 3.8) is 0 Å². The van der Waals surface area contributed by atoms with E-state index < -0.39 is 21.7 Å². The van der Waals surface area contributed by atoms with Gasteiger partial charge in [-0.1, -0.05) is 13.0 Å². The summed E-state index contributed by atoms with van der Waals surface area (Å²) in [5.41, 5.74) is 7.09. The molecular formula is C20H26ClN3O4S2. The molecule has 30 heavy (non-hydrogen) atoms. The van der Waals surface area contributed by atoms with Gasteiger partial charge in [0.15, 0.2) is 9.84 Å². The first-order chi connectivity index (χ1) is 13.6. The van der Waals surface area contributed by atoms with Crippen LogP contribution in [0.15, 0.2) is 29.2 Å². The van der Waals surface area contributed by atoms with E-state index in [0.29, 0.717) is 29.6 Å². The highest BCUT2D eigenvalue weighted by Gasteiger charge is 2.28. The topological polar surface area (TPSA) is 110 Å². The van der Waals surface area contributed by atoms with Crippen molar-refractivity contribution in [2.75, 3.05) is 17.6 Å². The number of nitrogens with one attached hydrogen (secondary N) is 1. The van der Waals surface area contributed by atoms with Crippen molar-refractivity contribution in [2.24, 2.45) is 5.73 Å². The minimum absolute atomic E-state index is 0. The summed E-state index contributed by atoms with van der Waals surface area (Å²) in [6.07, 6.45) is 0.697. The lowest BCUT2D eigenvalue weighted by molar-refractivity contribution is 0.0999. The van der Waals surface area contributed by atoms with Gasteiger partial charge in [-0.3, -0.25) is 14.5 Å². The summed E-state index contributed by atoms with van der Waals surface area (Å²) in [5, 5.41) is 3.19. The number of hydrogen-bond acceptors (Lipinski definition) is 6. The highest BCUT2D eigenvalue weighted by Crippen LogP contribution is 2.37. The van der Waals surface area contributed by atoms with E-state index >= 15 is 0 Å². The molecule has 2 aromatic rings. The largest absolute Gasteiger partial charge is 0.365 e. The van der Waals surface area contributed by atoms with Gasteiger partial charge in [0.1, 0.15) is 5.00 Å². The number of amides is 2. The Morgan fingerprint density at radius 2 is 2.00 bits per heavy atom. The zero-order valence-corrected chi connectivity index (χ0v) is 19.5. The Balaban J connectivity index is 0.00000320. The molecule has 0 fully saturated rings. The Morgan fingerprint density at radius 3 is 2.60 bits per heavy atom. The van der Waals surface area contributed by atoms with E-state index in [1.807, 2.05) is 0 Å². The van der Waals surface area contributed by atoms with Crippen molar-refractivity contribution in [3.8, 4) is 0 Å². The molecule has 0 spiro atoms. The van der Waals surface area contributed by atoms with Crippen LogP contribution in [0.25, 0.3) is 0 Å². The van der Waals surface area contributed by atoms with Crippen LogP contribution in [-0.4, -0.2) is 43.5 Å². The fraction of sp³-hybridized carbons (Fsp3) is 0.400. The third kappa shape index (κ3) is 4.85. The van der Waals surface area contributed by atoms with Crippen molar-refractivity contribution < 1.29 is 18.0 Å². The molecule has 0 saturated heterocycles. The molecule has 2 amide bonds. The van der Waals surface area contributed by atoms with Crippen molar-refractivity contribution in [3.05, 3.63) is 45.8 Å². The summed E-state index contributed by atoms with van der Waals surface area (Å²) in [5.74, 6) is -1.09. The molecule has 1 aromatic carbocycles. The number of carbonyl (C=O) groups excluding carboxylic acids is 2. The summed E-state index contributed by atoms with van der Waals surface area (Å²) in [6, 6.07) is 6.28. The molecule has 3 rings (SSSR count). The van der Waals surface area contributed by atoms with Crippen LogP contribution >= 0.6 is 23.7 Å². The van der Waals surface area contributed by atoms with Crippen LogP contribution < -0.4 is 11.1 Å². The molecule has 0 saturated carbocycles. The molecule has 0 atom stereocenters. The zero-order chi connectivity index (χ0) is 21.3. The number of halogens is 1. The van der Waals surface area contributed by atoms with Crippen LogP contribution in [-0.2, 0) is 22.8 Å². The standard InChI is InChI=1S/C20H25N3O4S2.ClH/c1-4-29(26,27)14-7-5-6-13(10-14)19(25)22-20-17(18(21)24)15-8-9-23(12(2)3)11-16(15)28-20;/h5-7,10,12H,4,8-9,11H2,1-3H3,(H2,21,24)(H,22,25);1H. The van der Waals surface area contributed by atoms with Crippen molar-refractivity contribution in [1.82, 2.24) is 4.90 Å². The first kappa shape index (κ1) is 24.3. The number of nitrogens with two attached hydrogens (primary N) is 1. The summed E-state index contributed by atoms with van der Waals surface area (Å²) in [6.45, 7) is 7.32. The second kappa shape index (κ2) is 9.47. The van der Waals surface area contributed by atoms with E-state index in [1.165, 1.54) is 29.5 Å². The van der Waals surface area contributed by atoms with E-state index in [1.54, 1.807) is 13.0 Å². The number of primary amides is 1. The van der Waals surface area contributed by atoms with Crippen LogP contribution in [0.2, 0.25) is 0 Å². The van der Waals surface area contributed by atoms with Gasteiger partial charge in [-0.05, 0) is 44.0 Å². The first-order valence-corrected chi connectivity index (χ1v) is 11.9. The highest BCUT2D eigenvalue weighted by molar-refractivity contribution is 7.91. The number of thiophene rings is 1. The molecule has 7 nitrogen and oxygen atoms in total. The Morgan fingerprint density at radius 1 is 1.30 bits per heavy atom. The number of fused-ring (bicyclic) bond motifs is 1. The van der Waals surface area contributed by atoms with Gasteiger partial charge in [0.25, 0.3) is 11.8 Å². The molecule has 3 N–H and O–H groups in total. The fourth-order valence-electron chi connectivity index (χ4n) is 3.39. The van der Waals surface area contributed by atoms with E-state index in [4.69, 9.17) is 5.73 Å². The molecule has 0 bridgehead atoms. The summed E-state index contributed by atoms with van der Waals surface area (Å²) >= 11 is 1.36. The van der Waals surface area contributed by atoms with Gasteiger partial charge in [-0.2, -0.15) is 0 Å². The predicted molar refractivity (Wildman–Crippen MR) is 121 cm³/mol. The van der Waals surface area contributed by atoms with Gasteiger partial charge in [0.2, 0.25) is 0 Å². The minimum Gasteiger partial charge on any atom is -0.365 e. The monoisotopic (exact) mass is 471 g/mol. The minimum atomic E-state index is -3.42. The second-order valence-electron chi connectivity index (χ2n) is 7.27. The molecule has 164 valence electrons. The van der Waals surface area contributed by atoms with Crippen LogP contribution in [0, 0.1) is 0 Å². The lowest BCUT2D eigenvalue weighted by atomic mass is 10.0. The average Bonchev–Trinajstić information content (AvgIpc) is 3.05. The lowest BCUT2D eigenvalue weighted by Gasteiger charge is -2.30. The third-order valence-corrected chi connectivity index (χ3v) is 7.99. The summed E-state index contributed by atoms with van der Waals surface area (Å²) in [4.78, 5) is 28.3. The Bertz CT molecular complexity index is 1060. The van der Waals surface area contributed by atoms with Gasteiger partial charge in [-0.15, -0.1) is 23.7 Å². The number of rotatable bonds is 6. The Kier molecular flexibility index (Phi) is 7.68. The van der Waals surface area contributed by atoms with Crippen molar-refractivity contribution in [1.29, 1.82) is 0 Å². The molecular weight excluding hydrogens is 446 g/mol. The van der Waals surface area contributed by atoms with E-state index in [2.05, 4.69) is 24.1 Å². The molecule has 1 aliphatic rings. The zero-order valence-electron chi connectivity index (χ0n) is 17.1. The van der Waals surface area contributed by atoms with Gasteiger partial charge < -0.3 is 11.1 Å². The smallest absolute Gasteiger partial charge is 0.256 e. The van der Waals surface area contributed by atoms with Crippen LogP contribution in [0.4, 0.5) is 5.00 Å². The normalized spacial score (nSPS) is 14.1. The van der Waals surface area contributed by atoms with Crippen molar-refractivity contribution in [2.45, 2.75) is 44.7 Å². The van der Waals surface area contributed by atoms with E-state index in [-0.39, 0.29) is 28.6 Å². The molecule has 0 unspecified atom stereocenters. The number of benzene rings is 1. The van der Waals surface area contributed by atoms with Gasteiger partial charge in [0, 0.05) is 29.6 Å². The average molecular weight is 472 g/mol. The van der Waals surface area contributed by atoms with Gasteiger partial charge >= 0.3 is 0 Å². The molecule has 0 aliphatic carbocycles. The first-order valence-electron chi connectivity index (χ1n) is 9.46. The molecule has 1 aliphatic heterocycles. The molecule has 0 radical (unpaired) electrons. The van der Waals surface area contributed by atoms with E-state index in [9.17, 15) is 18.0 Å². The Hall–Kier alpha value is -1.94. The SMILES string of the molecule is CCS(=O)(=O)c1cccc(C(=O)Nc2sc3c(c2C(N)=O)CCN(C(C)C)C3)c1.Cl. The van der Waals surface area contributed by atoms with Crippen LogP contribution in [0.5, 0.6) is 0 Å². The number of hydrogen-bond donors (Lipinski definition) is 2. The third-order valence-electron chi connectivity index (χ3n) is 5.13. The summed E-state index contributed by atoms with van der Waals surface area (Å²) in [7, 11) is -3.42. The maximum atomic E-state index is 12.8. The van der Waals surface area contributed by atoms with Gasteiger partial charge in [0.05, 0.1) is 16.2 Å². The molecule has 10 heteroatoms. The van der Waals surface area contributed by atoms with Crippen LogP contribution in [0.3, 0.4) is 0 Å². The number of sulfone groups is 1.